The zero-order chi connectivity index (χ0) is 55.0. The van der Waals surface area contributed by atoms with Crippen LogP contribution in [-0.2, 0) is 14.3 Å². The summed E-state index contributed by atoms with van der Waals surface area (Å²) < 4.78 is 5.48. The lowest BCUT2D eigenvalue weighted by atomic mass is 10.0. The summed E-state index contributed by atoms with van der Waals surface area (Å²) >= 11 is 0. The van der Waals surface area contributed by atoms with Crippen molar-refractivity contribution in [2.75, 3.05) is 13.2 Å². The predicted molar refractivity (Wildman–Crippen MR) is 333 cm³/mol. The number of allylic oxidation sites excluding steroid dienone is 6. The van der Waals surface area contributed by atoms with Crippen LogP contribution in [0.1, 0.15) is 373 Å². The van der Waals surface area contributed by atoms with Gasteiger partial charge in [0.2, 0.25) is 5.91 Å². The van der Waals surface area contributed by atoms with Crippen LogP contribution in [0.5, 0.6) is 0 Å². The van der Waals surface area contributed by atoms with Crippen molar-refractivity contribution in [3.63, 3.8) is 0 Å². The Morgan fingerprint density at radius 3 is 1.04 bits per heavy atom. The van der Waals surface area contributed by atoms with Crippen molar-refractivity contribution in [1.82, 2.24) is 5.32 Å². The molecule has 0 aliphatic rings. The van der Waals surface area contributed by atoms with Gasteiger partial charge < -0.3 is 20.3 Å². The number of hydrogen-bond acceptors (Lipinski definition) is 5. The monoisotopic (exact) mass is 1070 g/mol. The van der Waals surface area contributed by atoms with Crippen LogP contribution in [0.4, 0.5) is 0 Å². The lowest BCUT2D eigenvalue weighted by Crippen LogP contribution is -2.45. The van der Waals surface area contributed by atoms with E-state index in [0.717, 1.165) is 57.8 Å². The normalized spacial score (nSPS) is 12.7. The van der Waals surface area contributed by atoms with Crippen molar-refractivity contribution in [3.8, 4) is 0 Å². The van der Waals surface area contributed by atoms with E-state index < -0.39 is 12.1 Å². The van der Waals surface area contributed by atoms with Crippen LogP contribution in [-0.4, -0.2) is 47.4 Å². The van der Waals surface area contributed by atoms with Crippen molar-refractivity contribution >= 4 is 11.9 Å². The number of nitrogens with one attached hydrogen (secondary N) is 1. The number of aliphatic hydroxyl groups is 2. The van der Waals surface area contributed by atoms with Gasteiger partial charge in [0.15, 0.2) is 0 Å². The molecular formula is C70H133NO5. The second-order valence-corrected chi connectivity index (χ2v) is 23.5. The van der Waals surface area contributed by atoms with Crippen molar-refractivity contribution in [2.24, 2.45) is 0 Å². The molecule has 76 heavy (non-hydrogen) atoms. The van der Waals surface area contributed by atoms with Crippen LogP contribution in [0.2, 0.25) is 0 Å². The molecule has 0 saturated carbocycles. The Balaban J connectivity index is 3.44. The van der Waals surface area contributed by atoms with Gasteiger partial charge in [-0.3, -0.25) is 9.59 Å². The second-order valence-electron chi connectivity index (χ2n) is 23.5. The van der Waals surface area contributed by atoms with Gasteiger partial charge in [0, 0.05) is 12.8 Å². The van der Waals surface area contributed by atoms with E-state index in [0.29, 0.717) is 25.9 Å². The average molecular weight is 1070 g/mol. The number of unbranched alkanes of at least 4 members (excludes halogenated alkanes) is 47. The molecule has 0 aliphatic heterocycles. The Morgan fingerprint density at radius 2 is 0.658 bits per heavy atom. The van der Waals surface area contributed by atoms with Crippen molar-refractivity contribution in [2.45, 2.75) is 386 Å². The van der Waals surface area contributed by atoms with E-state index in [-0.39, 0.29) is 18.5 Å². The fraction of sp³-hybridized carbons (Fsp3) is 0.886. The van der Waals surface area contributed by atoms with E-state index in [1.807, 2.05) is 0 Å². The summed E-state index contributed by atoms with van der Waals surface area (Å²) in [6.45, 7) is 4.94. The van der Waals surface area contributed by atoms with Crippen molar-refractivity contribution < 1.29 is 24.5 Å². The van der Waals surface area contributed by atoms with Gasteiger partial charge in [-0.2, -0.15) is 0 Å². The SMILES string of the molecule is CCCCC/C=C\C/C=C\CCCCCCCC(=O)OCCCCCCCCCC/C=C\CCCCCCCCCC(=O)NC(CO)C(O)CCCCCCCCCCCCCCCCCCCCCCCCCCC. The number of hydrogen-bond donors (Lipinski definition) is 3. The number of ether oxygens (including phenoxy) is 1. The highest BCUT2D eigenvalue weighted by atomic mass is 16.5. The van der Waals surface area contributed by atoms with E-state index in [1.54, 1.807) is 0 Å². The summed E-state index contributed by atoms with van der Waals surface area (Å²) in [4.78, 5) is 24.6. The fourth-order valence-electron chi connectivity index (χ4n) is 10.7. The number of carbonyl (C=O) groups is 2. The molecule has 0 aliphatic carbocycles. The van der Waals surface area contributed by atoms with Gasteiger partial charge in [-0.1, -0.05) is 314 Å². The molecule has 6 heteroatoms. The third-order valence-electron chi connectivity index (χ3n) is 15.9. The van der Waals surface area contributed by atoms with Crippen LogP contribution < -0.4 is 5.32 Å². The van der Waals surface area contributed by atoms with Crippen LogP contribution in [0.15, 0.2) is 36.5 Å². The molecule has 0 spiro atoms. The standard InChI is InChI=1S/C70H133NO5/c1-3-5-7-9-11-13-15-17-19-20-21-22-23-24-25-26-28-31-35-38-42-46-50-54-58-62-68(73)67(66-72)71-69(74)63-59-55-51-47-43-39-36-32-29-27-30-33-37-41-45-49-53-57-61-65-76-70(75)64-60-56-52-48-44-40-34-18-16-14-12-10-8-6-4-2/h12,14,18,27,29,34,67-68,72-73H,3-11,13,15-17,19-26,28,30-33,35-66H2,1-2H3,(H,71,74)/b14-12-,29-27-,34-18-. The molecule has 0 rings (SSSR count). The summed E-state index contributed by atoms with van der Waals surface area (Å²) in [7, 11) is 0. The molecule has 2 unspecified atom stereocenters. The van der Waals surface area contributed by atoms with Crippen molar-refractivity contribution in [1.29, 1.82) is 0 Å². The molecule has 0 radical (unpaired) electrons. The first kappa shape index (κ1) is 74.1. The molecule has 2 atom stereocenters. The van der Waals surface area contributed by atoms with Crippen LogP contribution in [0, 0.1) is 0 Å². The minimum Gasteiger partial charge on any atom is -0.466 e. The fourth-order valence-corrected chi connectivity index (χ4v) is 10.7. The molecular weight excluding hydrogens is 935 g/mol. The third kappa shape index (κ3) is 61.3. The molecule has 1 amide bonds. The van der Waals surface area contributed by atoms with Gasteiger partial charge in [-0.25, -0.2) is 0 Å². The molecule has 0 bridgehead atoms. The number of amides is 1. The Labute approximate surface area is 474 Å². The first-order valence-corrected chi connectivity index (χ1v) is 34.2. The first-order chi connectivity index (χ1) is 37.5. The summed E-state index contributed by atoms with van der Waals surface area (Å²) in [5.41, 5.74) is 0. The second kappa shape index (κ2) is 65.6. The van der Waals surface area contributed by atoms with E-state index in [1.165, 1.54) is 283 Å². The summed E-state index contributed by atoms with van der Waals surface area (Å²) in [5.74, 6) is -0.0504. The van der Waals surface area contributed by atoms with Crippen LogP contribution >= 0.6 is 0 Å². The predicted octanol–water partition coefficient (Wildman–Crippen LogP) is 21.9. The van der Waals surface area contributed by atoms with Gasteiger partial charge in [0.25, 0.3) is 0 Å². The van der Waals surface area contributed by atoms with Gasteiger partial charge in [-0.15, -0.1) is 0 Å². The molecule has 0 saturated heterocycles. The maximum atomic E-state index is 12.5. The Hall–Kier alpha value is -1.92. The van der Waals surface area contributed by atoms with Gasteiger partial charge in [0.1, 0.15) is 0 Å². The molecule has 0 heterocycles. The Kier molecular flexibility index (Phi) is 63.9. The molecule has 3 N–H and O–H groups in total. The molecule has 0 fully saturated rings. The molecule has 6 nitrogen and oxygen atoms in total. The van der Waals surface area contributed by atoms with E-state index >= 15 is 0 Å². The summed E-state index contributed by atoms with van der Waals surface area (Å²) in [5, 5.41) is 23.4. The number of rotatable bonds is 64. The minimum atomic E-state index is -0.673. The highest BCUT2D eigenvalue weighted by molar-refractivity contribution is 5.76. The Bertz CT molecular complexity index is 1230. The third-order valence-corrected chi connectivity index (χ3v) is 15.9. The van der Waals surface area contributed by atoms with Gasteiger partial charge >= 0.3 is 5.97 Å². The average Bonchev–Trinajstić information content (AvgIpc) is 3.42. The molecule has 0 aromatic rings. The van der Waals surface area contributed by atoms with E-state index in [4.69, 9.17) is 4.74 Å². The van der Waals surface area contributed by atoms with Crippen molar-refractivity contribution in [3.05, 3.63) is 36.5 Å². The highest BCUT2D eigenvalue weighted by Crippen LogP contribution is 2.18. The van der Waals surface area contributed by atoms with Gasteiger partial charge in [0.05, 0.1) is 25.4 Å². The zero-order valence-electron chi connectivity index (χ0n) is 51.3. The lowest BCUT2D eigenvalue weighted by Gasteiger charge is -2.22. The number of esters is 1. The maximum Gasteiger partial charge on any atom is 0.305 e. The molecule has 0 aromatic carbocycles. The Morgan fingerprint density at radius 1 is 0.368 bits per heavy atom. The largest absolute Gasteiger partial charge is 0.466 e. The van der Waals surface area contributed by atoms with E-state index in [9.17, 15) is 19.8 Å². The maximum absolute atomic E-state index is 12.5. The number of carbonyl (C=O) groups excluding carboxylic acids is 2. The highest BCUT2D eigenvalue weighted by Gasteiger charge is 2.20. The minimum absolute atomic E-state index is 0.00935. The quantitative estimate of drug-likeness (QED) is 0.0320. The number of aliphatic hydroxyl groups excluding tert-OH is 2. The zero-order valence-corrected chi connectivity index (χ0v) is 51.3. The van der Waals surface area contributed by atoms with E-state index in [2.05, 4.69) is 55.6 Å². The van der Waals surface area contributed by atoms with Gasteiger partial charge in [-0.05, 0) is 83.5 Å². The lowest BCUT2D eigenvalue weighted by molar-refractivity contribution is -0.143. The smallest absolute Gasteiger partial charge is 0.305 e. The molecule has 0 aromatic heterocycles. The van der Waals surface area contributed by atoms with Crippen LogP contribution in [0.25, 0.3) is 0 Å². The topological polar surface area (TPSA) is 95.9 Å². The summed E-state index contributed by atoms with van der Waals surface area (Å²) in [6, 6.07) is -0.551. The van der Waals surface area contributed by atoms with Crippen LogP contribution in [0.3, 0.4) is 0 Å². The molecule has 448 valence electrons. The first-order valence-electron chi connectivity index (χ1n) is 34.2. The summed E-state index contributed by atoms with van der Waals surface area (Å²) in [6.07, 6.45) is 83.2.